The molecule has 0 aliphatic heterocycles. The molecule has 0 unspecified atom stereocenters. The Kier molecular flexibility index (Phi) is 5.30. The summed E-state index contributed by atoms with van der Waals surface area (Å²) in [5.41, 5.74) is 1.54. The van der Waals surface area contributed by atoms with E-state index in [0.29, 0.717) is 30.2 Å². The molecule has 0 bridgehead atoms. The van der Waals surface area contributed by atoms with Crippen molar-refractivity contribution >= 4 is 17.5 Å². The van der Waals surface area contributed by atoms with Crippen molar-refractivity contribution in [3.8, 4) is 0 Å². The third-order valence-corrected chi connectivity index (χ3v) is 3.23. The zero-order chi connectivity index (χ0) is 15.2. The second kappa shape index (κ2) is 7.19. The van der Waals surface area contributed by atoms with Crippen LogP contribution in [-0.4, -0.2) is 39.4 Å². The summed E-state index contributed by atoms with van der Waals surface area (Å²) in [6.07, 6.45) is 0.483. The summed E-state index contributed by atoms with van der Waals surface area (Å²) in [7, 11) is 0. The summed E-state index contributed by atoms with van der Waals surface area (Å²) in [5.74, 6) is -0.276. The summed E-state index contributed by atoms with van der Waals surface area (Å²) in [5, 5.41) is 16.9. The van der Waals surface area contributed by atoms with Crippen molar-refractivity contribution in [1.82, 2.24) is 15.2 Å². The van der Waals surface area contributed by atoms with E-state index < -0.39 is 0 Å². The van der Waals surface area contributed by atoms with Gasteiger partial charge in [0.1, 0.15) is 5.69 Å². The molecule has 112 valence electrons. The first-order chi connectivity index (χ1) is 10.1. The van der Waals surface area contributed by atoms with Gasteiger partial charge in [-0.3, -0.25) is 4.79 Å². The Labute approximate surface area is 127 Å². The van der Waals surface area contributed by atoms with E-state index in [4.69, 9.17) is 16.7 Å². The lowest BCUT2D eigenvalue weighted by Crippen LogP contribution is -2.32. The molecule has 0 atom stereocenters. The quantitative estimate of drug-likeness (QED) is 0.883. The fourth-order valence-electron chi connectivity index (χ4n) is 1.95. The largest absolute Gasteiger partial charge is 0.396 e. The van der Waals surface area contributed by atoms with Crippen molar-refractivity contribution in [3.05, 3.63) is 46.2 Å². The lowest BCUT2D eigenvalue weighted by atomic mass is 10.2. The summed E-state index contributed by atoms with van der Waals surface area (Å²) in [6.45, 7) is 2.46. The minimum Gasteiger partial charge on any atom is -0.396 e. The number of rotatable bonds is 6. The number of aromatic nitrogens is 2. The number of aryl methyl sites for hydroxylation is 1. The van der Waals surface area contributed by atoms with Gasteiger partial charge in [-0.25, -0.2) is 4.63 Å². The van der Waals surface area contributed by atoms with Gasteiger partial charge >= 0.3 is 0 Å². The van der Waals surface area contributed by atoms with Crippen LogP contribution in [0.25, 0.3) is 0 Å². The van der Waals surface area contributed by atoms with E-state index in [1.807, 2.05) is 12.1 Å². The average molecular weight is 310 g/mol. The minimum absolute atomic E-state index is 0.00930. The highest BCUT2D eigenvalue weighted by atomic mass is 35.5. The van der Waals surface area contributed by atoms with Gasteiger partial charge in [0.2, 0.25) is 0 Å². The number of nitrogens with zero attached hydrogens (tertiary/aromatic N) is 3. The van der Waals surface area contributed by atoms with Crippen LogP contribution in [0.5, 0.6) is 0 Å². The number of hydrogen-bond donors (Lipinski definition) is 1. The number of halogens is 1. The first-order valence-electron chi connectivity index (χ1n) is 6.55. The molecule has 1 amide bonds. The van der Waals surface area contributed by atoms with Crippen LogP contribution in [0.4, 0.5) is 0 Å². The minimum atomic E-state index is -0.276. The fraction of sp³-hybridized carbons (Fsp3) is 0.357. The molecule has 21 heavy (non-hydrogen) atoms. The number of aliphatic hydroxyl groups excluding tert-OH is 1. The molecule has 0 radical (unpaired) electrons. The Morgan fingerprint density at radius 1 is 1.43 bits per heavy atom. The van der Waals surface area contributed by atoms with Crippen LogP contribution in [-0.2, 0) is 6.54 Å². The molecule has 0 spiro atoms. The van der Waals surface area contributed by atoms with Gasteiger partial charge in [0.25, 0.3) is 5.91 Å². The second-order valence-electron chi connectivity index (χ2n) is 4.63. The molecular formula is C14H16ClN3O3. The van der Waals surface area contributed by atoms with Gasteiger partial charge < -0.3 is 10.0 Å². The highest BCUT2D eigenvalue weighted by Crippen LogP contribution is 2.15. The van der Waals surface area contributed by atoms with Gasteiger partial charge in [-0.1, -0.05) is 28.9 Å². The van der Waals surface area contributed by atoms with Gasteiger partial charge in [-0.2, -0.15) is 0 Å². The standard InChI is InChI=1S/C14H16ClN3O3/c1-10-13(17-21-16-10)14(20)18(6-3-7-19)9-11-4-2-5-12(15)8-11/h2,4-5,8,19H,3,6-7,9H2,1H3. The number of carbonyl (C=O) groups is 1. The van der Waals surface area contributed by atoms with Gasteiger partial charge in [0.05, 0.1) is 0 Å². The van der Waals surface area contributed by atoms with E-state index in [1.165, 1.54) is 0 Å². The Bertz CT molecular complexity index is 615. The zero-order valence-corrected chi connectivity index (χ0v) is 12.4. The highest BCUT2D eigenvalue weighted by Gasteiger charge is 2.22. The van der Waals surface area contributed by atoms with Crippen LogP contribution in [0.2, 0.25) is 5.02 Å². The van der Waals surface area contributed by atoms with Crippen molar-refractivity contribution in [2.45, 2.75) is 19.9 Å². The topological polar surface area (TPSA) is 79.5 Å². The molecule has 0 saturated carbocycles. The molecule has 2 aromatic rings. The van der Waals surface area contributed by atoms with E-state index in [9.17, 15) is 4.79 Å². The molecule has 1 heterocycles. The number of benzene rings is 1. The molecular weight excluding hydrogens is 294 g/mol. The van der Waals surface area contributed by atoms with Gasteiger partial charge in [-0.15, -0.1) is 0 Å². The van der Waals surface area contributed by atoms with Crippen molar-refractivity contribution in [2.75, 3.05) is 13.2 Å². The molecule has 1 aromatic heterocycles. The van der Waals surface area contributed by atoms with Crippen LogP contribution < -0.4 is 0 Å². The summed E-state index contributed by atoms with van der Waals surface area (Å²) >= 11 is 5.96. The Hall–Kier alpha value is -1.92. The van der Waals surface area contributed by atoms with E-state index >= 15 is 0 Å². The van der Waals surface area contributed by atoms with E-state index in [1.54, 1.807) is 24.0 Å². The predicted molar refractivity (Wildman–Crippen MR) is 76.9 cm³/mol. The molecule has 1 aromatic carbocycles. The maximum absolute atomic E-state index is 12.5. The van der Waals surface area contributed by atoms with Crippen molar-refractivity contribution in [2.24, 2.45) is 0 Å². The van der Waals surface area contributed by atoms with Crippen LogP contribution in [0.1, 0.15) is 28.2 Å². The van der Waals surface area contributed by atoms with Crippen LogP contribution >= 0.6 is 11.6 Å². The van der Waals surface area contributed by atoms with E-state index in [0.717, 1.165) is 5.56 Å². The number of amides is 1. The first kappa shape index (κ1) is 15.5. The second-order valence-corrected chi connectivity index (χ2v) is 5.07. The molecule has 7 heteroatoms. The third-order valence-electron chi connectivity index (χ3n) is 2.99. The molecule has 0 saturated heterocycles. The normalized spacial score (nSPS) is 10.6. The summed E-state index contributed by atoms with van der Waals surface area (Å²) < 4.78 is 4.57. The third kappa shape index (κ3) is 4.03. The van der Waals surface area contributed by atoms with E-state index in [-0.39, 0.29) is 18.2 Å². The van der Waals surface area contributed by atoms with Gasteiger partial charge in [0.15, 0.2) is 5.69 Å². The van der Waals surface area contributed by atoms with Gasteiger partial charge in [-0.05, 0) is 36.2 Å². The van der Waals surface area contributed by atoms with Gasteiger partial charge in [0, 0.05) is 24.7 Å². The average Bonchev–Trinajstić information content (AvgIpc) is 2.89. The molecule has 6 nitrogen and oxygen atoms in total. The number of aliphatic hydroxyl groups is 1. The van der Waals surface area contributed by atoms with E-state index in [2.05, 4.69) is 14.9 Å². The Balaban J connectivity index is 2.18. The molecule has 0 aliphatic carbocycles. The Morgan fingerprint density at radius 3 is 2.86 bits per heavy atom. The van der Waals surface area contributed by atoms with Crippen LogP contribution in [0.3, 0.4) is 0 Å². The first-order valence-corrected chi connectivity index (χ1v) is 6.93. The monoisotopic (exact) mass is 309 g/mol. The maximum Gasteiger partial charge on any atom is 0.278 e. The molecule has 0 aliphatic rings. The summed E-state index contributed by atoms with van der Waals surface area (Å²) in [4.78, 5) is 14.1. The number of carbonyl (C=O) groups excluding carboxylic acids is 1. The van der Waals surface area contributed by atoms with Crippen molar-refractivity contribution < 1.29 is 14.5 Å². The lowest BCUT2D eigenvalue weighted by Gasteiger charge is -2.21. The molecule has 1 N–H and O–H groups in total. The van der Waals surface area contributed by atoms with Crippen molar-refractivity contribution in [3.63, 3.8) is 0 Å². The maximum atomic E-state index is 12.5. The van der Waals surface area contributed by atoms with Crippen molar-refractivity contribution in [1.29, 1.82) is 0 Å². The highest BCUT2D eigenvalue weighted by molar-refractivity contribution is 6.30. The number of hydrogen-bond acceptors (Lipinski definition) is 5. The lowest BCUT2D eigenvalue weighted by molar-refractivity contribution is 0.0720. The van der Waals surface area contributed by atoms with Crippen LogP contribution in [0, 0.1) is 6.92 Å². The molecule has 0 fully saturated rings. The fourth-order valence-corrected chi connectivity index (χ4v) is 2.16. The Morgan fingerprint density at radius 2 is 2.24 bits per heavy atom. The zero-order valence-electron chi connectivity index (χ0n) is 11.6. The smallest absolute Gasteiger partial charge is 0.278 e. The molecule has 2 rings (SSSR count). The SMILES string of the molecule is Cc1nonc1C(=O)N(CCCO)Cc1cccc(Cl)c1. The summed E-state index contributed by atoms with van der Waals surface area (Å²) in [6, 6.07) is 7.29. The van der Waals surface area contributed by atoms with Crippen LogP contribution in [0.15, 0.2) is 28.9 Å². The predicted octanol–water partition coefficient (Wildman–Crippen LogP) is 2.06.